The first-order valence-electron chi connectivity index (χ1n) is 11.1. The zero-order chi connectivity index (χ0) is 24.5. The van der Waals surface area contributed by atoms with E-state index in [9.17, 15) is 22.4 Å². The molecule has 0 aliphatic heterocycles. The van der Waals surface area contributed by atoms with Gasteiger partial charge in [0, 0.05) is 54.9 Å². The van der Waals surface area contributed by atoms with Crippen LogP contribution in [0, 0.1) is 11.6 Å². The van der Waals surface area contributed by atoms with Crippen molar-refractivity contribution < 1.29 is 22.4 Å². The lowest BCUT2D eigenvalue weighted by Gasteiger charge is -2.29. The number of rotatable bonds is 5. The second-order valence-corrected chi connectivity index (χ2v) is 8.85. The summed E-state index contributed by atoms with van der Waals surface area (Å²) in [6, 6.07) is 4.57. The maximum Gasteiger partial charge on any atom is 0.258 e. The number of anilines is 1. The molecule has 1 aromatic carbocycles. The van der Waals surface area contributed by atoms with Gasteiger partial charge in [-0.1, -0.05) is 13.8 Å². The second-order valence-electron chi connectivity index (χ2n) is 8.85. The minimum atomic E-state index is -2.74. The Balaban J connectivity index is 1.75. The van der Waals surface area contributed by atoms with E-state index in [0.717, 1.165) is 18.2 Å². The minimum absolute atomic E-state index is 0.0842. The summed E-state index contributed by atoms with van der Waals surface area (Å²) in [5, 5.41) is 2.79. The molecule has 0 unspecified atom stereocenters. The third kappa shape index (κ3) is 5.24. The maximum atomic E-state index is 14.0. The lowest BCUT2D eigenvalue weighted by molar-refractivity contribution is -0.0384. The van der Waals surface area contributed by atoms with Crippen molar-refractivity contribution in [2.75, 3.05) is 5.32 Å². The summed E-state index contributed by atoms with van der Waals surface area (Å²) in [5.74, 6) is -4.50. The van der Waals surface area contributed by atoms with E-state index in [4.69, 9.17) is 0 Å². The highest BCUT2D eigenvalue weighted by Gasteiger charge is 2.37. The Morgan fingerprint density at radius 2 is 1.65 bits per heavy atom. The minimum Gasteiger partial charge on any atom is -0.320 e. The van der Waals surface area contributed by atoms with Crippen LogP contribution in [0.1, 0.15) is 73.2 Å². The monoisotopic (exact) mass is 472 g/mol. The first kappa shape index (κ1) is 23.8. The van der Waals surface area contributed by atoms with Crippen molar-refractivity contribution in [1.29, 1.82) is 0 Å². The van der Waals surface area contributed by atoms with Gasteiger partial charge >= 0.3 is 0 Å². The molecule has 3 aromatic rings. The first-order chi connectivity index (χ1) is 16.1. The molecule has 9 heteroatoms. The van der Waals surface area contributed by atoms with Gasteiger partial charge < -0.3 is 5.32 Å². The standard InChI is InChI=1S/C25H24F4N4O/c1-14(2)23-31-12-17(13-32-23)24(34)33-22-20(16-9-18(26)11-19(27)10-16)5-8-30-21(22)15-3-6-25(28,29)7-4-15/h5,8-15H,3-4,6-7H2,1-2H3,(H,33,34). The van der Waals surface area contributed by atoms with Gasteiger partial charge in [-0.05, 0) is 36.6 Å². The number of nitrogens with one attached hydrogen (secondary N) is 1. The molecule has 1 N–H and O–H groups in total. The van der Waals surface area contributed by atoms with E-state index in [1.807, 2.05) is 13.8 Å². The Hall–Kier alpha value is -3.36. The normalized spacial score (nSPS) is 16.0. The molecule has 2 heterocycles. The van der Waals surface area contributed by atoms with Crippen LogP contribution < -0.4 is 5.32 Å². The van der Waals surface area contributed by atoms with Crippen LogP contribution in [0.3, 0.4) is 0 Å². The number of carbonyl (C=O) groups is 1. The van der Waals surface area contributed by atoms with Crippen LogP contribution in [-0.4, -0.2) is 26.8 Å². The Morgan fingerprint density at radius 1 is 1.03 bits per heavy atom. The molecule has 4 rings (SSSR count). The summed E-state index contributed by atoms with van der Waals surface area (Å²) >= 11 is 0. The predicted molar refractivity (Wildman–Crippen MR) is 120 cm³/mol. The highest BCUT2D eigenvalue weighted by atomic mass is 19.3. The number of pyridine rings is 1. The van der Waals surface area contributed by atoms with Crippen molar-refractivity contribution in [2.45, 2.75) is 57.3 Å². The van der Waals surface area contributed by atoms with E-state index >= 15 is 0 Å². The fourth-order valence-corrected chi connectivity index (χ4v) is 4.12. The average molecular weight is 472 g/mol. The summed E-state index contributed by atoms with van der Waals surface area (Å²) in [6.45, 7) is 3.85. The molecule has 1 fully saturated rings. The van der Waals surface area contributed by atoms with Crippen LogP contribution in [0.2, 0.25) is 0 Å². The fraction of sp³-hybridized carbons (Fsp3) is 0.360. The van der Waals surface area contributed by atoms with Crippen molar-refractivity contribution >= 4 is 11.6 Å². The topological polar surface area (TPSA) is 67.8 Å². The second kappa shape index (κ2) is 9.48. The number of nitrogens with zero attached hydrogens (tertiary/aromatic N) is 3. The van der Waals surface area contributed by atoms with Crippen molar-refractivity contribution in [3.8, 4) is 11.1 Å². The zero-order valence-electron chi connectivity index (χ0n) is 18.8. The van der Waals surface area contributed by atoms with E-state index in [2.05, 4.69) is 20.3 Å². The molecule has 0 radical (unpaired) electrons. The molecule has 1 saturated carbocycles. The van der Waals surface area contributed by atoms with E-state index in [-0.39, 0.29) is 54.3 Å². The smallest absolute Gasteiger partial charge is 0.258 e. The molecule has 5 nitrogen and oxygen atoms in total. The summed E-state index contributed by atoms with van der Waals surface area (Å²) in [7, 11) is 0. The van der Waals surface area contributed by atoms with E-state index in [1.165, 1.54) is 24.7 Å². The van der Waals surface area contributed by atoms with Gasteiger partial charge in [0.05, 0.1) is 16.9 Å². The van der Waals surface area contributed by atoms with Crippen molar-refractivity contribution in [3.63, 3.8) is 0 Å². The van der Waals surface area contributed by atoms with Crippen LogP contribution in [-0.2, 0) is 0 Å². The molecule has 178 valence electrons. The van der Waals surface area contributed by atoms with Crippen molar-refractivity contribution in [3.05, 3.63) is 71.6 Å². The lowest BCUT2D eigenvalue weighted by Crippen LogP contribution is -2.25. The van der Waals surface area contributed by atoms with Gasteiger partial charge in [-0.25, -0.2) is 27.5 Å². The highest BCUT2D eigenvalue weighted by molar-refractivity contribution is 6.06. The molecule has 2 aromatic heterocycles. The number of benzene rings is 1. The van der Waals surface area contributed by atoms with Crippen LogP contribution in [0.15, 0.2) is 42.9 Å². The van der Waals surface area contributed by atoms with Crippen molar-refractivity contribution in [1.82, 2.24) is 15.0 Å². The van der Waals surface area contributed by atoms with Crippen LogP contribution in [0.4, 0.5) is 23.2 Å². The fourth-order valence-electron chi connectivity index (χ4n) is 4.12. The maximum absolute atomic E-state index is 14.0. The van der Waals surface area contributed by atoms with Crippen LogP contribution in [0.5, 0.6) is 0 Å². The number of aromatic nitrogens is 3. The molecule has 1 aliphatic rings. The van der Waals surface area contributed by atoms with Gasteiger partial charge in [0.1, 0.15) is 17.5 Å². The SMILES string of the molecule is CC(C)c1ncc(C(=O)Nc2c(-c3cc(F)cc(F)c3)ccnc2C2CCC(F)(F)CC2)cn1. The molecule has 0 atom stereocenters. The molecule has 0 spiro atoms. The summed E-state index contributed by atoms with van der Waals surface area (Å²) < 4.78 is 55.5. The van der Waals surface area contributed by atoms with Gasteiger partial charge in [0.25, 0.3) is 5.91 Å². The summed E-state index contributed by atoms with van der Waals surface area (Å²) in [4.78, 5) is 25.9. The van der Waals surface area contributed by atoms with Gasteiger partial charge in [0.2, 0.25) is 5.92 Å². The van der Waals surface area contributed by atoms with E-state index < -0.39 is 23.5 Å². The quantitative estimate of drug-likeness (QED) is 0.431. The van der Waals surface area contributed by atoms with Crippen LogP contribution in [0.25, 0.3) is 11.1 Å². The number of alkyl halides is 2. The molecular weight excluding hydrogens is 448 g/mol. The summed E-state index contributed by atoms with van der Waals surface area (Å²) in [6.07, 6.45) is 4.02. The Kier molecular flexibility index (Phi) is 6.63. The predicted octanol–water partition coefficient (Wildman–Crippen LogP) is 6.49. The first-order valence-corrected chi connectivity index (χ1v) is 11.1. The molecule has 0 bridgehead atoms. The lowest BCUT2D eigenvalue weighted by atomic mass is 9.83. The van der Waals surface area contributed by atoms with Gasteiger partial charge in [-0.3, -0.25) is 9.78 Å². The van der Waals surface area contributed by atoms with Gasteiger partial charge in [0.15, 0.2) is 0 Å². The van der Waals surface area contributed by atoms with Crippen LogP contribution >= 0.6 is 0 Å². The molecule has 34 heavy (non-hydrogen) atoms. The largest absolute Gasteiger partial charge is 0.320 e. The van der Waals surface area contributed by atoms with Gasteiger partial charge in [-0.2, -0.15) is 0 Å². The number of hydrogen-bond acceptors (Lipinski definition) is 4. The zero-order valence-corrected chi connectivity index (χ0v) is 18.8. The third-order valence-electron chi connectivity index (χ3n) is 5.95. The van der Waals surface area contributed by atoms with Crippen molar-refractivity contribution in [2.24, 2.45) is 0 Å². The Labute approximate surface area is 194 Å². The molecule has 1 aliphatic carbocycles. The summed E-state index contributed by atoms with van der Waals surface area (Å²) in [5.41, 5.74) is 1.37. The molecule has 0 saturated heterocycles. The van der Waals surface area contributed by atoms with Gasteiger partial charge in [-0.15, -0.1) is 0 Å². The Bertz CT molecular complexity index is 1170. The average Bonchev–Trinajstić information content (AvgIpc) is 2.79. The number of hydrogen-bond donors (Lipinski definition) is 1. The number of amides is 1. The number of halogens is 4. The Morgan fingerprint density at radius 3 is 2.24 bits per heavy atom. The van der Waals surface area contributed by atoms with E-state index in [1.54, 1.807) is 0 Å². The number of carbonyl (C=O) groups excluding carboxylic acids is 1. The molecular formula is C25H24F4N4O. The highest BCUT2D eigenvalue weighted by Crippen LogP contribution is 2.44. The van der Waals surface area contributed by atoms with E-state index in [0.29, 0.717) is 17.1 Å². The molecule has 1 amide bonds. The third-order valence-corrected chi connectivity index (χ3v) is 5.95.